The zero-order valence-electron chi connectivity index (χ0n) is 33.2. The van der Waals surface area contributed by atoms with Crippen LogP contribution in [0.1, 0.15) is 93.3 Å². The Morgan fingerprint density at radius 2 is 1.19 bits per heavy atom. The summed E-state index contributed by atoms with van der Waals surface area (Å²) in [6.07, 6.45) is 6.54. The van der Waals surface area contributed by atoms with Gasteiger partial charge >= 0.3 is 0 Å². The maximum atomic E-state index is 15.9. The van der Waals surface area contributed by atoms with Crippen LogP contribution in [0.2, 0.25) is 0 Å². The summed E-state index contributed by atoms with van der Waals surface area (Å²) in [6, 6.07) is 28.4. The number of aromatic amines is 2. The third-order valence-electron chi connectivity index (χ3n) is 11.9. The number of rotatable bonds is 12. The van der Waals surface area contributed by atoms with E-state index in [-0.39, 0.29) is 40.9 Å². The maximum absolute atomic E-state index is 15.9. The molecule has 9 nitrogen and oxygen atoms in total. The first-order chi connectivity index (χ1) is 28.2. The minimum atomic E-state index is -0.587. The number of H-pyrrole nitrogens is 2. The second kappa shape index (κ2) is 16.9. The number of amides is 2. The number of benzene rings is 4. The van der Waals surface area contributed by atoms with Crippen molar-refractivity contribution in [3.63, 3.8) is 0 Å². The van der Waals surface area contributed by atoms with Crippen LogP contribution in [0.3, 0.4) is 0 Å². The molecule has 4 atom stereocenters. The molecule has 2 amide bonds. The SMILES string of the molecule is CCN(CC)C(C(=O)N1CCC[C@H]1c1ncc(-c2cc(F)c(-c3ccc(-c4cnc([C@@H]5CCCN5C(=O)[C@H](C)c5ccccc5)[nH]4)cc3)cc2F)[nH]1)c1ccccc1. The van der Waals surface area contributed by atoms with Crippen LogP contribution in [-0.4, -0.2) is 72.6 Å². The molecule has 0 saturated carbocycles. The average molecular weight is 782 g/mol. The molecule has 0 spiro atoms. The van der Waals surface area contributed by atoms with Gasteiger partial charge in [0.05, 0.1) is 41.8 Å². The molecule has 0 aliphatic carbocycles. The first kappa shape index (κ1) is 38.9. The van der Waals surface area contributed by atoms with Gasteiger partial charge in [-0.25, -0.2) is 18.7 Å². The zero-order chi connectivity index (χ0) is 40.3. The Bertz CT molecular complexity index is 2360. The van der Waals surface area contributed by atoms with Gasteiger partial charge in [0.1, 0.15) is 29.3 Å². The third kappa shape index (κ3) is 7.58. The number of hydrogen-bond donors (Lipinski definition) is 2. The molecule has 0 bridgehead atoms. The second-order valence-electron chi connectivity index (χ2n) is 15.3. The molecule has 2 aromatic heterocycles. The van der Waals surface area contributed by atoms with Crippen molar-refractivity contribution in [2.75, 3.05) is 26.2 Å². The van der Waals surface area contributed by atoms with Crippen molar-refractivity contribution in [1.29, 1.82) is 0 Å². The largest absolute Gasteiger partial charge is 0.340 e. The molecule has 2 aliphatic rings. The van der Waals surface area contributed by atoms with Crippen molar-refractivity contribution in [3.8, 4) is 33.6 Å². The highest BCUT2D eigenvalue weighted by Crippen LogP contribution is 2.38. The number of nitrogens with one attached hydrogen (secondary N) is 2. The molecule has 298 valence electrons. The highest BCUT2D eigenvalue weighted by Gasteiger charge is 2.38. The van der Waals surface area contributed by atoms with Crippen LogP contribution in [-0.2, 0) is 9.59 Å². The number of likely N-dealkylation sites (N-methyl/N-ethyl adjacent to an activating group) is 1. The molecule has 2 saturated heterocycles. The predicted molar refractivity (Wildman–Crippen MR) is 221 cm³/mol. The highest BCUT2D eigenvalue weighted by atomic mass is 19.1. The summed E-state index contributed by atoms with van der Waals surface area (Å²) in [5.41, 5.74) is 4.64. The molecule has 2 N–H and O–H groups in total. The summed E-state index contributed by atoms with van der Waals surface area (Å²) in [4.78, 5) is 49.6. The molecule has 2 fully saturated rings. The zero-order valence-corrected chi connectivity index (χ0v) is 33.2. The van der Waals surface area contributed by atoms with Gasteiger partial charge in [0.2, 0.25) is 11.8 Å². The van der Waals surface area contributed by atoms with Crippen LogP contribution in [0, 0.1) is 11.6 Å². The fourth-order valence-electron chi connectivity index (χ4n) is 8.75. The minimum Gasteiger partial charge on any atom is -0.340 e. The van der Waals surface area contributed by atoms with E-state index in [1.54, 1.807) is 18.3 Å². The lowest BCUT2D eigenvalue weighted by Gasteiger charge is -2.34. The van der Waals surface area contributed by atoms with Gasteiger partial charge in [0.25, 0.3) is 0 Å². The molecule has 8 rings (SSSR count). The van der Waals surface area contributed by atoms with Gasteiger partial charge in [-0.1, -0.05) is 98.8 Å². The number of hydrogen-bond acceptors (Lipinski definition) is 5. The van der Waals surface area contributed by atoms with E-state index in [1.165, 1.54) is 18.3 Å². The third-order valence-corrected chi connectivity index (χ3v) is 11.9. The van der Waals surface area contributed by atoms with Gasteiger partial charge in [-0.05, 0) is 80.1 Å². The van der Waals surface area contributed by atoms with E-state index in [0.717, 1.165) is 67.0 Å². The van der Waals surface area contributed by atoms with Gasteiger partial charge in [0, 0.05) is 24.2 Å². The van der Waals surface area contributed by atoms with Crippen molar-refractivity contribution < 1.29 is 18.4 Å². The molecular formula is C47H49F2N7O2. The van der Waals surface area contributed by atoms with E-state index in [2.05, 4.69) is 38.7 Å². The number of carbonyl (C=O) groups excluding carboxylic acids is 2. The molecule has 6 aromatic rings. The van der Waals surface area contributed by atoms with Crippen molar-refractivity contribution >= 4 is 11.8 Å². The van der Waals surface area contributed by atoms with Crippen LogP contribution in [0.15, 0.2) is 109 Å². The fraction of sp³-hybridized carbons (Fsp3) is 0.319. The van der Waals surface area contributed by atoms with E-state index in [1.807, 2.05) is 89.5 Å². The van der Waals surface area contributed by atoms with E-state index >= 15 is 8.78 Å². The Morgan fingerprint density at radius 1 is 0.690 bits per heavy atom. The standard InChI is InChI=1S/C47H49F2N7O2/c1-4-54(5-2)43(34-16-10-7-11-17-34)47(58)56-25-13-19-42(56)45-51-29-40(53-45)36-27-37(48)35(26-38(36)49)32-20-22-33(23-21-32)39-28-50-44(52-39)41-18-12-24-55(41)46(57)30(3)31-14-8-6-9-15-31/h6-11,14-17,20-23,26-30,41-43H,4-5,12-13,18-19,24-25H2,1-3H3,(H,50,52)(H,51,53)/t30-,41+,42+,43?/m1/s1. The molecule has 4 aromatic carbocycles. The molecule has 0 radical (unpaired) electrons. The molecule has 2 aliphatic heterocycles. The molecule has 1 unspecified atom stereocenters. The van der Waals surface area contributed by atoms with Crippen molar-refractivity contribution in [2.24, 2.45) is 0 Å². The lowest BCUT2D eigenvalue weighted by molar-refractivity contribution is -0.138. The van der Waals surface area contributed by atoms with E-state index in [9.17, 15) is 9.59 Å². The molecular weight excluding hydrogens is 733 g/mol. The lowest BCUT2D eigenvalue weighted by Crippen LogP contribution is -2.43. The number of imidazole rings is 2. The number of nitrogens with zero attached hydrogens (tertiary/aromatic N) is 5. The number of halogens is 2. The van der Waals surface area contributed by atoms with Gasteiger partial charge in [-0.2, -0.15) is 0 Å². The van der Waals surface area contributed by atoms with Crippen molar-refractivity contribution in [1.82, 2.24) is 34.6 Å². The normalized spacial score (nSPS) is 17.9. The molecule has 58 heavy (non-hydrogen) atoms. The maximum Gasteiger partial charge on any atom is 0.245 e. The lowest BCUT2D eigenvalue weighted by atomic mass is 9.99. The summed E-state index contributed by atoms with van der Waals surface area (Å²) in [5.74, 6) is -0.0199. The van der Waals surface area contributed by atoms with Gasteiger partial charge in [0.15, 0.2) is 0 Å². The summed E-state index contributed by atoms with van der Waals surface area (Å²) < 4.78 is 31.7. The summed E-state index contributed by atoms with van der Waals surface area (Å²) in [5, 5.41) is 0. The summed E-state index contributed by atoms with van der Waals surface area (Å²) >= 11 is 0. The monoisotopic (exact) mass is 781 g/mol. The number of likely N-dealkylation sites (tertiary alicyclic amines) is 2. The van der Waals surface area contributed by atoms with Crippen LogP contribution >= 0.6 is 0 Å². The summed E-state index contributed by atoms with van der Waals surface area (Å²) in [6.45, 7) is 8.78. The average Bonchev–Trinajstić information content (AvgIpc) is 4.11. The Hall–Kier alpha value is -5.94. The van der Waals surface area contributed by atoms with Crippen LogP contribution in [0.25, 0.3) is 33.6 Å². The minimum absolute atomic E-state index is 0.0112. The van der Waals surface area contributed by atoms with Crippen molar-refractivity contribution in [2.45, 2.75) is 70.5 Å². The molecule has 11 heteroatoms. The first-order valence-corrected chi connectivity index (χ1v) is 20.4. The predicted octanol–water partition coefficient (Wildman–Crippen LogP) is 9.63. The number of aromatic nitrogens is 4. The fourth-order valence-corrected chi connectivity index (χ4v) is 8.75. The Kier molecular flexibility index (Phi) is 11.3. The van der Waals surface area contributed by atoms with Crippen LogP contribution in [0.4, 0.5) is 8.78 Å². The van der Waals surface area contributed by atoms with E-state index < -0.39 is 17.7 Å². The Labute approximate surface area is 338 Å². The molecule has 4 heterocycles. The van der Waals surface area contributed by atoms with Crippen molar-refractivity contribution in [3.05, 3.63) is 144 Å². The van der Waals surface area contributed by atoms with Crippen LogP contribution < -0.4 is 0 Å². The quantitative estimate of drug-likeness (QED) is 0.129. The number of carbonyl (C=O) groups is 2. The first-order valence-electron chi connectivity index (χ1n) is 20.4. The van der Waals surface area contributed by atoms with E-state index in [0.29, 0.717) is 30.2 Å². The Morgan fingerprint density at radius 3 is 1.79 bits per heavy atom. The summed E-state index contributed by atoms with van der Waals surface area (Å²) in [7, 11) is 0. The topological polar surface area (TPSA) is 101 Å². The second-order valence-corrected chi connectivity index (χ2v) is 15.3. The van der Waals surface area contributed by atoms with Gasteiger partial charge in [-0.3, -0.25) is 14.5 Å². The highest BCUT2D eigenvalue weighted by molar-refractivity contribution is 5.85. The smallest absolute Gasteiger partial charge is 0.245 e. The Balaban J connectivity index is 0.969. The van der Waals surface area contributed by atoms with E-state index in [4.69, 9.17) is 0 Å². The van der Waals surface area contributed by atoms with Crippen LogP contribution in [0.5, 0.6) is 0 Å². The van der Waals surface area contributed by atoms with Gasteiger partial charge < -0.3 is 19.8 Å². The van der Waals surface area contributed by atoms with Gasteiger partial charge in [-0.15, -0.1) is 0 Å².